The Hall–Kier alpha value is -1.88. The van der Waals surface area contributed by atoms with Crippen molar-refractivity contribution in [1.82, 2.24) is 5.32 Å². The predicted molar refractivity (Wildman–Crippen MR) is 94.5 cm³/mol. The van der Waals surface area contributed by atoms with Crippen LogP contribution in [0.1, 0.15) is 51.8 Å². The summed E-state index contributed by atoms with van der Waals surface area (Å²) in [6.07, 6.45) is 0.341. The van der Waals surface area contributed by atoms with E-state index in [0.717, 1.165) is 6.42 Å². The predicted octanol–water partition coefficient (Wildman–Crippen LogP) is 2.42. The smallest absolute Gasteiger partial charge is 0.413 e. The van der Waals surface area contributed by atoms with E-state index in [2.05, 4.69) is 62.0 Å². The van der Waals surface area contributed by atoms with Crippen molar-refractivity contribution in [2.45, 2.75) is 53.1 Å². The number of nitrogens with two attached hydrogens (primary N) is 1. The number of benzene rings is 1. The van der Waals surface area contributed by atoms with Crippen molar-refractivity contribution in [3.8, 4) is 0 Å². The average Bonchev–Trinajstić information content (AvgIpc) is 2.52. The summed E-state index contributed by atoms with van der Waals surface area (Å²) >= 11 is 0. The number of rotatable bonds is 7. The summed E-state index contributed by atoms with van der Waals surface area (Å²) in [7, 11) is 1.24. The van der Waals surface area contributed by atoms with Gasteiger partial charge in [0.05, 0.1) is 7.11 Å². The molecular weight excluding hydrogens is 304 g/mol. The molecule has 5 heteroatoms. The van der Waals surface area contributed by atoms with Gasteiger partial charge in [0.15, 0.2) is 6.04 Å². The van der Waals surface area contributed by atoms with E-state index in [9.17, 15) is 9.59 Å². The third kappa shape index (κ3) is 6.32. The molecule has 0 unspecified atom stereocenters. The molecule has 1 aromatic rings. The lowest BCUT2D eigenvalue weighted by Gasteiger charge is -2.23. The first-order valence-corrected chi connectivity index (χ1v) is 8.57. The molecule has 0 saturated heterocycles. The lowest BCUT2D eigenvalue weighted by atomic mass is 9.93. The molecule has 0 aromatic heterocycles. The summed E-state index contributed by atoms with van der Waals surface area (Å²) in [6.45, 7) is 10.5. The highest BCUT2D eigenvalue weighted by atomic mass is 16.5. The van der Waals surface area contributed by atoms with Gasteiger partial charge < -0.3 is 10.1 Å². The zero-order chi connectivity index (χ0) is 18.3. The molecule has 0 radical (unpaired) electrons. The molecule has 0 spiro atoms. The Morgan fingerprint density at radius 2 is 1.67 bits per heavy atom. The molecule has 0 bridgehead atoms. The monoisotopic (exact) mass is 335 g/mol. The van der Waals surface area contributed by atoms with Gasteiger partial charge in [-0.15, -0.1) is 0 Å². The van der Waals surface area contributed by atoms with Crippen molar-refractivity contribution in [1.29, 1.82) is 0 Å². The van der Waals surface area contributed by atoms with Gasteiger partial charge in [-0.1, -0.05) is 52.0 Å². The molecule has 0 aliphatic rings. The van der Waals surface area contributed by atoms with Gasteiger partial charge in [-0.2, -0.15) is 0 Å². The summed E-state index contributed by atoms with van der Waals surface area (Å²) in [5, 5.41) is 4.22. The zero-order valence-corrected chi connectivity index (χ0v) is 15.6. The maximum atomic E-state index is 12.0. The Morgan fingerprint density at radius 1 is 1.08 bits per heavy atom. The molecule has 1 aromatic carbocycles. The molecule has 2 atom stereocenters. The van der Waals surface area contributed by atoms with Crippen LogP contribution >= 0.6 is 0 Å². The summed E-state index contributed by atoms with van der Waals surface area (Å²) in [5.41, 5.74) is 2.52. The van der Waals surface area contributed by atoms with Crippen molar-refractivity contribution < 1.29 is 19.6 Å². The molecule has 0 fully saturated rings. The molecule has 2 amide bonds. The van der Waals surface area contributed by atoms with Gasteiger partial charge in [-0.05, 0) is 24.8 Å². The van der Waals surface area contributed by atoms with Crippen LogP contribution in [-0.2, 0) is 16.0 Å². The second-order valence-corrected chi connectivity index (χ2v) is 7.07. The van der Waals surface area contributed by atoms with Crippen LogP contribution < -0.4 is 10.6 Å². The highest BCUT2D eigenvalue weighted by molar-refractivity contribution is 5.93. The van der Waals surface area contributed by atoms with Gasteiger partial charge in [0.1, 0.15) is 6.04 Å². The van der Waals surface area contributed by atoms with Crippen molar-refractivity contribution in [3.05, 3.63) is 35.4 Å². The van der Waals surface area contributed by atoms with E-state index in [4.69, 9.17) is 0 Å². The molecule has 1 rings (SSSR count). The van der Waals surface area contributed by atoms with Gasteiger partial charge in [-0.25, -0.2) is 4.79 Å². The summed E-state index contributed by atoms with van der Waals surface area (Å²) < 4.78 is 4.47. The van der Waals surface area contributed by atoms with E-state index >= 15 is 0 Å². The Bertz CT molecular complexity index is 538. The second-order valence-electron chi connectivity index (χ2n) is 7.07. The van der Waals surface area contributed by atoms with E-state index in [1.807, 2.05) is 5.32 Å². The average molecular weight is 335 g/mol. The third-order valence-corrected chi connectivity index (χ3v) is 4.05. The zero-order valence-electron chi connectivity index (χ0n) is 15.6. The van der Waals surface area contributed by atoms with Gasteiger partial charge in [-0.3, -0.25) is 10.1 Å². The van der Waals surface area contributed by atoms with Crippen LogP contribution in [0, 0.1) is 11.8 Å². The normalized spacial score (nSPS) is 13.7. The van der Waals surface area contributed by atoms with Crippen molar-refractivity contribution in [2.24, 2.45) is 11.8 Å². The number of ether oxygens (including phenoxy) is 1. The highest BCUT2D eigenvalue weighted by Crippen LogP contribution is 2.19. The Kier molecular flexibility index (Phi) is 7.92. The lowest BCUT2D eigenvalue weighted by molar-refractivity contribution is -0.719. The van der Waals surface area contributed by atoms with E-state index in [0.29, 0.717) is 11.8 Å². The molecule has 0 aliphatic carbocycles. The summed E-state index contributed by atoms with van der Waals surface area (Å²) in [4.78, 5) is 23.2. The van der Waals surface area contributed by atoms with Gasteiger partial charge in [0.2, 0.25) is 0 Å². The SMILES string of the molecule is COC(=O)NC(=O)[C@@H](C)[NH2+][C@H](c1ccc(CC(C)C)cc1)C(C)C. The number of hydrogen-bond donors (Lipinski definition) is 2. The minimum absolute atomic E-state index is 0.150. The Morgan fingerprint density at radius 3 is 2.12 bits per heavy atom. The standard InChI is InChI=1S/C19H30N2O3/c1-12(2)11-15-7-9-16(10-8-15)17(13(3)4)20-14(5)18(22)21-19(23)24-6/h7-10,12-14,17,20H,11H2,1-6H3,(H,21,22,23)/p+1/t14-,17+/m1/s1. The number of carbonyl (C=O) groups excluding carboxylic acids is 2. The highest BCUT2D eigenvalue weighted by Gasteiger charge is 2.26. The topological polar surface area (TPSA) is 72.0 Å². The molecule has 3 N–H and O–H groups in total. The lowest BCUT2D eigenvalue weighted by Crippen LogP contribution is -2.93. The number of amides is 2. The first kappa shape index (κ1) is 20.2. The largest absolute Gasteiger partial charge is 0.453 e. The summed E-state index contributed by atoms with van der Waals surface area (Å²) in [6, 6.07) is 8.38. The van der Waals surface area contributed by atoms with Crippen LogP contribution in [0.2, 0.25) is 0 Å². The molecular formula is C19H31N2O3+. The van der Waals surface area contributed by atoms with Gasteiger partial charge >= 0.3 is 6.09 Å². The quantitative estimate of drug-likeness (QED) is 0.804. The fraction of sp³-hybridized carbons (Fsp3) is 0.579. The van der Waals surface area contributed by atoms with Crippen molar-refractivity contribution in [3.63, 3.8) is 0 Å². The number of hydrogen-bond acceptors (Lipinski definition) is 3. The van der Waals surface area contributed by atoms with Crippen LogP contribution in [-0.4, -0.2) is 25.2 Å². The molecule has 24 heavy (non-hydrogen) atoms. The van der Waals surface area contributed by atoms with Crippen LogP contribution in [0.3, 0.4) is 0 Å². The Labute approximate surface area is 145 Å². The first-order chi connectivity index (χ1) is 11.2. The van der Waals surface area contributed by atoms with Crippen LogP contribution in [0.15, 0.2) is 24.3 Å². The fourth-order valence-corrected chi connectivity index (χ4v) is 2.73. The number of alkyl carbamates (subject to hydrolysis) is 1. The molecule has 0 heterocycles. The number of nitrogens with one attached hydrogen (secondary N) is 1. The number of methoxy groups -OCH3 is 1. The minimum Gasteiger partial charge on any atom is -0.453 e. The first-order valence-electron chi connectivity index (χ1n) is 8.57. The summed E-state index contributed by atoms with van der Waals surface area (Å²) in [5.74, 6) is 0.642. The second kappa shape index (κ2) is 9.42. The number of imide groups is 1. The maximum absolute atomic E-state index is 12.0. The number of quaternary nitrogens is 1. The van der Waals surface area contributed by atoms with E-state index in [1.54, 1.807) is 6.92 Å². The number of carbonyl (C=O) groups is 2. The van der Waals surface area contributed by atoms with E-state index in [-0.39, 0.29) is 18.0 Å². The van der Waals surface area contributed by atoms with Crippen LogP contribution in [0.5, 0.6) is 0 Å². The fourth-order valence-electron chi connectivity index (χ4n) is 2.73. The molecule has 0 saturated carbocycles. The molecule has 5 nitrogen and oxygen atoms in total. The van der Waals surface area contributed by atoms with E-state index < -0.39 is 6.09 Å². The van der Waals surface area contributed by atoms with Gasteiger partial charge in [0, 0.05) is 11.5 Å². The van der Waals surface area contributed by atoms with Gasteiger partial charge in [0.25, 0.3) is 5.91 Å². The molecule has 0 aliphatic heterocycles. The van der Waals surface area contributed by atoms with Crippen LogP contribution in [0.25, 0.3) is 0 Å². The van der Waals surface area contributed by atoms with Crippen LogP contribution in [0.4, 0.5) is 4.79 Å². The van der Waals surface area contributed by atoms with Crippen molar-refractivity contribution >= 4 is 12.0 Å². The van der Waals surface area contributed by atoms with E-state index in [1.165, 1.54) is 18.2 Å². The molecule has 134 valence electrons. The maximum Gasteiger partial charge on any atom is 0.413 e. The van der Waals surface area contributed by atoms with Crippen molar-refractivity contribution in [2.75, 3.05) is 7.11 Å². The minimum atomic E-state index is -0.723. The Balaban J connectivity index is 2.79. The third-order valence-electron chi connectivity index (χ3n) is 4.05.